The van der Waals surface area contributed by atoms with Gasteiger partial charge in [-0.25, -0.2) is 0 Å². The number of hydrogen-bond acceptors (Lipinski definition) is 4. The molecule has 0 aliphatic carbocycles. The van der Waals surface area contributed by atoms with Crippen LogP contribution >= 0.6 is 0 Å². The minimum absolute atomic E-state index is 0.0758. The van der Waals surface area contributed by atoms with Gasteiger partial charge in [0.05, 0.1) is 24.6 Å². The first-order valence-electron chi connectivity index (χ1n) is 9.60. The molecule has 2 N–H and O–H groups in total. The lowest BCUT2D eigenvalue weighted by atomic mass is 10.0. The van der Waals surface area contributed by atoms with Gasteiger partial charge in [0.1, 0.15) is 0 Å². The summed E-state index contributed by atoms with van der Waals surface area (Å²) in [5.74, 6) is -0.0758. The van der Waals surface area contributed by atoms with Crippen LogP contribution in [0.15, 0.2) is 60.7 Å². The number of ether oxygens (including phenoxy) is 1. The molecule has 3 aromatic rings. The van der Waals surface area contributed by atoms with Gasteiger partial charge in [0.25, 0.3) is 5.91 Å². The summed E-state index contributed by atoms with van der Waals surface area (Å²) in [4.78, 5) is 15.1. The van der Waals surface area contributed by atoms with Gasteiger partial charge < -0.3 is 10.1 Å². The molecule has 28 heavy (non-hydrogen) atoms. The molecule has 4 rings (SSSR count). The molecule has 6 heteroatoms. The second-order valence-electron chi connectivity index (χ2n) is 6.79. The molecule has 2 aromatic carbocycles. The molecule has 1 fully saturated rings. The van der Waals surface area contributed by atoms with Crippen LogP contribution < -0.4 is 5.32 Å². The van der Waals surface area contributed by atoms with E-state index in [-0.39, 0.29) is 5.91 Å². The molecule has 0 atom stereocenters. The van der Waals surface area contributed by atoms with Gasteiger partial charge in [-0.3, -0.25) is 14.8 Å². The standard InChI is InChI=1S/C22H24N4O2/c27-22(23-10-11-26-12-14-28-15-13-26)19-9-5-4-8-18(19)21-16-20(24-25-21)17-6-2-1-3-7-17/h1-9,16H,10-15H2,(H,23,27)(H,24,25). The van der Waals surface area contributed by atoms with E-state index in [9.17, 15) is 4.79 Å². The molecule has 1 amide bonds. The smallest absolute Gasteiger partial charge is 0.252 e. The second kappa shape index (κ2) is 8.82. The zero-order valence-corrected chi connectivity index (χ0v) is 15.7. The van der Waals surface area contributed by atoms with Crippen LogP contribution in [0.4, 0.5) is 0 Å². The lowest BCUT2D eigenvalue weighted by Gasteiger charge is -2.26. The zero-order valence-electron chi connectivity index (χ0n) is 15.7. The van der Waals surface area contributed by atoms with E-state index < -0.39 is 0 Å². The van der Waals surface area contributed by atoms with Gasteiger partial charge in [-0.1, -0.05) is 48.5 Å². The van der Waals surface area contributed by atoms with Crippen LogP contribution in [0.3, 0.4) is 0 Å². The van der Waals surface area contributed by atoms with Crippen LogP contribution in [-0.4, -0.2) is 60.4 Å². The molecule has 1 aliphatic rings. The Morgan fingerprint density at radius 1 is 1.07 bits per heavy atom. The average molecular weight is 376 g/mol. The van der Waals surface area contributed by atoms with Gasteiger partial charge in [0.15, 0.2) is 0 Å². The maximum Gasteiger partial charge on any atom is 0.252 e. The number of nitrogens with one attached hydrogen (secondary N) is 2. The number of benzene rings is 2. The summed E-state index contributed by atoms with van der Waals surface area (Å²) < 4.78 is 5.36. The lowest BCUT2D eigenvalue weighted by molar-refractivity contribution is 0.0383. The van der Waals surface area contributed by atoms with Crippen LogP contribution in [0.2, 0.25) is 0 Å². The van der Waals surface area contributed by atoms with Crippen molar-refractivity contribution in [3.05, 3.63) is 66.2 Å². The molecular formula is C22H24N4O2. The van der Waals surface area contributed by atoms with Crippen LogP contribution in [0.1, 0.15) is 10.4 Å². The number of morpholine rings is 1. The molecule has 144 valence electrons. The highest BCUT2D eigenvalue weighted by atomic mass is 16.5. The zero-order chi connectivity index (χ0) is 19.2. The third kappa shape index (κ3) is 4.30. The number of aromatic amines is 1. The molecule has 1 aromatic heterocycles. The van der Waals surface area contributed by atoms with E-state index in [0.717, 1.165) is 55.4 Å². The Morgan fingerprint density at radius 2 is 1.82 bits per heavy atom. The molecule has 6 nitrogen and oxygen atoms in total. The summed E-state index contributed by atoms with van der Waals surface area (Å²) in [5, 5.41) is 10.5. The number of carbonyl (C=O) groups excluding carboxylic acids is 1. The topological polar surface area (TPSA) is 70.2 Å². The lowest BCUT2D eigenvalue weighted by Crippen LogP contribution is -2.41. The van der Waals surface area contributed by atoms with Crippen LogP contribution in [0, 0.1) is 0 Å². The van der Waals surface area contributed by atoms with E-state index in [1.54, 1.807) is 0 Å². The minimum Gasteiger partial charge on any atom is -0.379 e. The fourth-order valence-electron chi connectivity index (χ4n) is 3.38. The first kappa shape index (κ1) is 18.4. The number of carbonyl (C=O) groups is 1. The van der Waals surface area contributed by atoms with Gasteiger partial charge in [-0.15, -0.1) is 0 Å². The van der Waals surface area contributed by atoms with Crippen molar-refractivity contribution in [3.8, 4) is 22.5 Å². The molecule has 2 heterocycles. The largest absolute Gasteiger partial charge is 0.379 e. The van der Waals surface area contributed by atoms with Gasteiger partial charge >= 0.3 is 0 Å². The van der Waals surface area contributed by atoms with Crippen molar-refractivity contribution in [2.24, 2.45) is 0 Å². The van der Waals surface area contributed by atoms with Crippen molar-refractivity contribution in [3.63, 3.8) is 0 Å². The third-order valence-electron chi connectivity index (χ3n) is 4.93. The highest BCUT2D eigenvalue weighted by Crippen LogP contribution is 2.26. The van der Waals surface area contributed by atoms with E-state index >= 15 is 0 Å². The molecule has 0 radical (unpaired) electrons. The number of aromatic nitrogens is 2. The number of H-pyrrole nitrogens is 1. The monoisotopic (exact) mass is 376 g/mol. The molecule has 0 spiro atoms. The van der Waals surface area contributed by atoms with Crippen LogP contribution in [0.5, 0.6) is 0 Å². The van der Waals surface area contributed by atoms with Crippen LogP contribution in [-0.2, 0) is 4.74 Å². The van der Waals surface area contributed by atoms with E-state index in [0.29, 0.717) is 12.1 Å². The van der Waals surface area contributed by atoms with Crippen molar-refractivity contribution < 1.29 is 9.53 Å². The summed E-state index contributed by atoms with van der Waals surface area (Å²) in [6.45, 7) is 4.81. The van der Waals surface area contributed by atoms with E-state index in [2.05, 4.69) is 20.4 Å². The summed E-state index contributed by atoms with van der Waals surface area (Å²) in [6, 6.07) is 19.6. The normalized spacial score (nSPS) is 14.7. The first-order chi connectivity index (χ1) is 13.8. The highest BCUT2D eigenvalue weighted by Gasteiger charge is 2.16. The van der Waals surface area contributed by atoms with Crippen molar-refractivity contribution in [2.75, 3.05) is 39.4 Å². The Kier molecular flexibility index (Phi) is 5.80. The van der Waals surface area contributed by atoms with Crippen LogP contribution in [0.25, 0.3) is 22.5 Å². The second-order valence-corrected chi connectivity index (χ2v) is 6.79. The quantitative estimate of drug-likeness (QED) is 0.694. The first-order valence-corrected chi connectivity index (χ1v) is 9.60. The average Bonchev–Trinajstić information content (AvgIpc) is 3.25. The Balaban J connectivity index is 1.46. The summed E-state index contributed by atoms with van der Waals surface area (Å²) in [6.07, 6.45) is 0. The van der Waals surface area contributed by atoms with E-state index in [4.69, 9.17) is 4.74 Å². The Bertz CT molecular complexity index is 917. The predicted molar refractivity (Wildman–Crippen MR) is 109 cm³/mol. The summed E-state index contributed by atoms with van der Waals surface area (Å²) in [5.41, 5.74) is 4.21. The van der Waals surface area contributed by atoms with Crippen molar-refractivity contribution in [2.45, 2.75) is 0 Å². The maximum absolute atomic E-state index is 12.8. The van der Waals surface area contributed by atoms with Gasteiger partial charge in [-0.05, 0) is 17.7 Å². The van der Waals surface area contributed by atoms with Crippen molar-refractivity contribution in [1.29, 1.82) is 0 Å². The van der Waals surface area contributed by atoms with E-state index in [1.807, 2.05) is 60.7 Å². The Labute approximate surface area is 164 Å². The highest BCUT2D eigenvalue weighted by molar-refractivity contribution is 6.00. The number of rotatable bonds is 6. The van der Waals surface area contributed by atoms with Crippen molar-refractivity contribution in [1.82, 2.24) is 20.4 Å². The summed E-state index contributed by atoms with van der Waals surface area (Å²) >= 11 is 0. The Hall–Kier alpha value is -2.96. The third-order valence-corrected chi connectivity index (χ3v) is 4.93. The van der Waals surface area contributed by atoms with Gasteiger partial charge in [0, 0.05) is 37.3 Å². The molecule has 0 saturated carbocycles. The maximum atomic E-state index is 12.8. The summed E-state index contributed by atoms with van der Waals surface area (Å²) in [7, 11) is 0. The molecular weight excluding hydrogens is 352 g/mol. The minimum atomic E-state index is -0.0758. The number of amides is 1. The Morgan fingerprint density at radius 3 is 2.64 bits per heavy atom. The predicted octanol–water partition coefficient (Wildman–Crippen LogP) is 2.81. The molecule has 1 saturated heterocycles. The fraction of sp³-hybridized carbons (Fsp3) is 0.273. The number of hydrogen-bond donors (Lipinski definition) is 2. The molecule has 1 aliphatic heterocycles. The van der Waals surface area contributed by atoms with E-state index in [1.165, 1.54) is 0 Å². The SMILES string of the molecule is O=C(NCCN1CCOCC1)c1ccccc1-c1cc(-c2ccccc2)[nH]n1. The van der Waals surface area contributed by atoms with Gasteiger partial charge in [0.2, 0.25) is 0 Å². The van der Waals surface area contributed by atoms with Crippen molar-refractivity contribution >= 4 is 5.91 Å². The fourth-order valence-corrected chi connectivity index (χ4v) is 3.38. The van der Waals surface area contributed by atoms with Gasteiger partial charge in [-0.2, -0.15) is 5.10 Å². The molecule has 0 unspecified atom stereocenters. The number of nitrogens with zero attached hydrogens (tertiary/aromatic N) is 2. The molecule has 0 bridgehead atoms.